The third-order valence-corrected chi connectivity index (χ3v) is 7.28. The molecule has 1 aliphatic heterocycles. The molecule has 5 nitrogen and oxygen atoms in total. The average Bonchev–Trinajstić information content (AvgIpc) is 3.10. The van der Waals surface area contributed by atoms with E-state index in [-0.39, 0.29) is 5.56 Å². The van der Waals surface area contributed by atoms with Crippen molar-refractivity contribution in [2.75, 3.05) is 13.7 Å². The van der Waals surface area contributed by atoms with Crippen LogP contribution in [-0.2, 0) is 6.54 Å². The van der Waals surface area contributed by atoms with E-state index in [2.05, 4.69) is 9.88 Å². The van der Waals surface area contributed by atoms with Crippen LogP contribution in [0.15, 0.2) is 23.0 Å². The summed E-state index contributed by atoms with van der Waals surface area (Å²) in [7, 11) is 1.64. The van der Waals surface area contributed by atoms with Gasteiger partial charge >= 0.3 is 0 Å². The zero-order chi connectivity index (χ0) is 18.4. The summed E-state index contributed by atoms with van der Waals surface area (Å²) in [6.45, 7) is 2.05. The van der Waals surface area contributed by atoms with Gasteiger partial charge in [-0.05, 0) is 50.3 Å². The van der Waals surface area contributed by atoms with Crippen LogP contribution < -0.4 is 10.3 Å². The second kappa shape index (κ2) is 6.91. The van der Waals surface area contributed by atoms with E-state index in [1.807, 2.05) is 18.2 Å². The first-order valence-electron chi connectivity index (χ1n) is 9.97. The number of aromatic amines is 1. The number of benzene rings is 1. The zero-order valence-electron chi connectivity index (χ0n) is 15.7. The maximum absolute atomic E-state index is 12.5. The minimum Gasteiger partial charge on any atom is -0.496 e. The molecule has 1 aliphatic carbocycles. The third kappa shape index (κ3) is 2.95. The number of piperidine rings is 1. The molecule has 0 amide bonds. The summed E-state index contributed by atoms with van der Waals surface area (Å²) in [6, 6.07) is 6.31. The number of nitrogens with zero attached hydrogens (tertiary/aromatic N) is 2. The first-order chi connectivity index (χ1) is 13.2. The predicted octanol–water partition coefficient (Wildman–Crippen LogP) is 4.30. The van der Waals surface area contributed by atoms with Gasteiger partial charge in [0, 0.05) is 6.04 Å². The molecular weight excluding hydrogens is 358 g/mol. The first-order valence-corrected chi connectivity index (χ1v) is 10.8. The van der Waals surface area contributed by atoms with Crippen molar-refractivity contribution in [1.82, 2.24) is 14.9 Å². The summed E-state index contributed by atoms with van der Waals surface area (Å²) in [5.74, 6) is 1.58. The van der Waals surface area contributed by atoms with Crippen LogP contribution in [0.3, 0.4) is 0 Å². The molecule has 1 aromatic carbocycles. The fraction of sp³-hybridized carbons (Fsp3) is 0.524. The van der Waals surface area contributed by atoms with E-state index in [9.17, 15) is 4.79 Å². The lowest BCUT2D eigenvalue weighted by Gasteiger charge is -2.43. The monoisotopic (exact) mass is 383 g/mol. The second-order valence-electron chi connectivity index (χ2n) is 7.85. The first kappa shape index (κ1) is 17.2. The van der Waals surface area contributed by atoms with Crippen LogP contribution in [0.5, 0.6) is 5.75 Å². The van der Waals surface area contributed by atoms with E-state index in [0.29, 0.717) is 17.2 Å². The molecule has 2 unspecified atom stereocenters. The molecule has 142 valence electrons. The van der Waals surface area contributed by atoms with Crippen LogP contribution in [0.1, 0.15) is 43.5 Å². The van der Waals surface area contributed by atoms with E-state index in [1.165, 1.54) is 38.5 Å². The average molecular weight is 384 g/mol. The highest BCUT2D eigenvalue weighted by Gasteiger charge is 2.33. The Bertz CT molecular complexity index is 1040. The van der Waals surface area contributed by atoms with E-state index < -0.39 is 0 Å². The number of likely N-dealkylation sites (tertiary alicyclic amines) is 1. The van der Waals surface area contributed by atoms with Gasteiger partial charge in [0.15, 0.2) is 0 Å². The summed E-state index contributed by atoms with van der Waals surface area (Å²) in [4.78, 5) is 24.0. The molecule has 6 heteroatoms. The van der Waals surface area contributed by atoms with Crippen molar-refractivity contribution in [3.63, 3.8) is 0 Å². The molecule has 5 rings (SSSR count). The molecule has 0 radical (unpaired) electrons. The topological polar surface area (TPSA) is 58.2 Å². The SMILES string of the molecule is COc1cccc2c(=O)[nH]c3sc(CN4CCCC5CCCCC54)nc3c12. The number of ether oxygens (including phenoxy) is 1. The molecule has 2 aliphatic rings. The molecule has 0 spiro atoms. The lowest BCUT2D eigenvalue weighted by molar-refractivity contribution is 0.0547. The Labute approximate surface area is 162 Å². The van der Waals surface area contributed by atoms with Gasteiger partial charge in [-0.15, -0.1) is 0 Å². The molecule has 2 aromatic heterocycles. The van der Waals surface area contributed by atoms with E-state index >= 15 is 0 Å². The van der Waals surface area contributed by atoms with Gasteiger partial charge in [0.2, 0.25) is 0 Å². The predicted molar refractivity (Wildman–Crippen MR) is 110 cm³/mol. The Kier molecular flexibility index (Phi) is 4.40. The zero-order valence-corrected chi connectivity index (χ0v) is 16.5. The van der Waals surface area contributed by atoms with Gasteiger partial charge in [0.25, 0.3) is 5.56 Å². The normalized spacial score (nSPS) is 23.6. The third-order valence-electron chi connectivity index (χ3n) is 6.32. The highest BCUT2D eigenvalue weighted by molar-refractivity contribution is 7.18. The van der Waals surface area contributed by atoms with Crippen LogP contribution >= 0.6 is 11.3 Å². The molecule has 2 atom stereocenters. The summed E-state index contributed by atoms with van der Waals surface area (Å²) in [6.07, 6.45) is 8.13. The Hall–Kier alpha value is -1.92. The minimum atomic E-state index is -0.0723. The van der Waals surface area contributed by atoms with Crippen molar-refractivity contribution >= 4 is 32.5 Å². The quantitative estimate of drug-likeness (QED) is 0.733. The summed E-state index contributed by atoms with van der Waals surface area (Å²) in [5.41, 5.74) is 0.788. The van der Waals surface area contributed by atoms with E-state index in [0.717, 1.165) is 39.7 Å². The van der Waals surface area contributed by atoms with Gasteiger partial charge in [-0.25, -0.2) is 4.98 Å². The number of rotatable bonds is 3. The summed E-state index contributed by atoms with van der Waals surface area (Å²) >= 11 is 1.61. The number of thiazole rings is 1. The summed E-state index contributed by atoms with van der Waals surface area (Å²) < 4.78 is 5.52. The largest absolute Gasteiger partial charge is 0.496 e. The number of fused-ring (bicyclic) bond motifs is 4. The molecule has 1 saturated heterocycles. The van der Waals surface area contributed by atoms with E-state index in [1.54, 1.807) is 18.4 Å². The van der Waals surface area contributed by atoms with Crippen LogP contribution in [-0.4, -0.2) is 34.6 Å². The smallest absolute Gasteiger partial charge is 0.257 e. The van der Waals surface area contributed by atoms with Crippen LogP contribution in [0.4, 0.5) is 0 Å². The highest BCUT2D eigenvalue weighted by atomic mass is 32.1. The molecule has 3 heterocycles. The lowest BCUT2D eigenvalue weighted by Crippen LogP contribution is -2.46. The van der Waals surface area contributed by atoms with Crippen LogP contribution in [0.25, 0.3) is 21.1 Å². The van der Waals surface area contributed by atoms with Crippen LogP contribution in [0, 0.1) is 5.92 Å². The van der Waals surface area contributed by atoms with Crippen molar-refractivity contribution < 1.29 is 4.74 Å². The number of H-pyrrole nitrogens is 1. The second-order valence-corrected chi connectivity index (χ2v) is 8.93. The number of hydrogen-bond acceptors (Lipinski definition) is 5. The number of nitrogens with one attached hydrogen (secondary N) is 1. The molecule has 2 fully saturated rings. The van der Waals surface area contributed by atoms with Gasteiger partial charge in [0.05, 0.1) is 24.4 Å². The molecular formula is C21H25N3O2S. The van der Waals surface area contributed by atoms with E-state index in [4.69, 9.17) is 9.72 Å². The van der Waals surface area contributed by atoms with Gasteiger partial charge in [-0.3, -0.25) is 9.69 Å². The molecule has 27 heavy (non-hydrogen) atoms. The van der Waals surface area contributed by atoms with Gasteiger partial charge in [0.1, 0.15) is 21.1 Å². The number of aromatic nitrogens is 2. The Morgan fingerprint density at radius 1 is 1.26 bits per heavy atom. The number of pyridine rings is 1. The Balaban J connectivity index is 1.55. The fourth-order valence-corrected chi connectivity index (χ4v) is 6.08. The van der Waals surface area contributed by atoms with Crippen molar-refractivity contribution in [1.29, 1.82) is 0 Å². The van der Waals surface area contributed by atoms with Gasteiger partial charge < -0.3 is 9.72 Å². The fourth-order valence-electron chi connectivity index (χ4n) is 5.09. The maximum Gasteiger partial charge on any atom is 0.257 e. The summed E-state index contributed by atoms with van der Waals surface area (Å²) in [5, 5.41) is 2.56. The maximum atomic E-state index is 12.5. The molecule has 1 N–H and O–H groups in total. The Morgan fingerprint density at radius 2 is 2.11 bits per heavy atom. The lowest BCUT2D eigenvalue weighted by atomic mass is 9.78. The van der Waals surface area contributed by atoms with Crippen molar-refractivity contribution in [3.05, 3.63) is 33.6 Å². The van der Waals surface area contributed by atoms with Gasteiger partial charge in [-0.2, -0.15) is 0 Å². The molecule has 1 saturated carbocycles. The number of methoxy groups -OCH3 is 1. The Morgan fingerprint density at radius 3 is 3.00 bits per heavy atom. The minimum absolute atomic E-state index is 0.0723. The van der Waals surface area contributed by atoms with Crippen molar-refractivity contribution in [2.45, 2.75) is 51.1 Å². The van der Waals surface area contributed by atoms with Crippen molar-refractivity contribution in [2.24, 2.45) is 5.92 Å². The highest BCUT2D eigenvalue weighted by Crippen LogP contribution is 2.37. The van der Waals surface area contributed by atoms with Crippen molar-refractivity contribution in [3.8, 4) is 5.75 Å². The standard InChI is InChI=1S/C21H25N3O2S/c1-26-16-10-4-8-14-18(16)19-21(23-20(14)25)27-17(22-19)12-24-11-5-7-13-6-2-3-9-15(13)24/h4,8,10,13,15H,2-3,5-7,9,11-12H2,1H3,(H,23,25). The molecule has 0 bridgehead atoms. The molecule has 3 aromatic rings. The van der Waals surface area contributed by atoms with Gasteiger partial charge in [-0.1, -0.05) is 30.2 Å². The van der Waals surface area contributed by atoms with Crippen LogP contribution in [0.2, 0.25) is 0 Å². The number of hydrogen-bond donors (Lipinski definition) is 1.